The highest BCUT2D eigenvalue weighted by Gasteiger charge is 2.39. The standard InChI is InChI=1S/C15H26O4Si/c1-11-9-12(14(17)18-11)7-8-13(10-16)19-20(5,6)15(2,3)4/h9-11,13H,7-8H2,1-6H3/t11-,13+/m0/s1. The maximum Gasteiger partial charge on any atom is 0.334 e. The van der Waals surface area contributed by atoms with Gasteiger partial charge in [0.2, 0.25) is 0 Å². The molecule has 0 saturated heterocycles. The number of carbonyl (C=O) groups excluding carboxylic acids is 2. The van der Waals surface area contributed by atoms with Crippen molar-refractivity contribution < 1.29 is 18.8 Å². The van der Waals surface area contributed by atoms with Crippen LogP contribution in [-0.2, 0) is 18.8 Å². The summed E-state index contributed by atoms with van der Waals surface area (Å²) >= 11 is 0. The molecule has 5 heteroatoms. The van der Waals surface area contributed by atoms with Gasteiger partial charge in [-0.15, -0.1) is 0 Å². The first-order valence-corrected chi connectivity index (χ1v) is 10.0. The number of aldehydes is 1. The molecular weight excluding hydrogens is 272 g/mol. The van der Waals surface area contributed by atoms with Gasteiger partial charge in [0.1, 0.15) is 18.5 Å². The van der Waals surface area contributed by atoms with E-state index in [1.54, 1.807) is 0 Å². The second-order valence-electron chi connectivity index (χ2n) is 6.89. The second kappa shape index (κ2) is 6.22. The van der Waals surface area contributed by atoms with Crippen molar-refractivity contribution >= 4 is 20.6 Å². The van der Waals surface area contributed by atoms with Gasteiger partial charge in [-0.1, -0.05) is 20.8 Å². The zero-order valence-corrected chi connectivity index (χ0v) is 14.4. The largest absolute Gasteiger partial charge is 0.455 e. The summed E-state index contributed by atoms with van der Waals surface area (Å²) in [6.07, 6.45) is 3.13. The molecule has 0 aromatic carbocycles. The first kappa shape index (κ1) is 17.1. The average Bonchev–Trinajstić information content (AvgIpc) is 2.61. The molecule has 0 amide bonds. The van der Waals surface area contributed by atoms with E-state index in [0.717, 1.165) is 6.29 Å². The molecular formula is C15H26O4Si. The van der Waals surface area contributed by atoms with Crippen molar-refractivity contribution in [3.05, 3.63) is 11.6 Å². The number of hydrogen-bond acceptors (Lipinski definition) is 4. The molecule has 0 aromatic rings. The predicted molar refractivity (Wildman–Crippen MR) is 81.0 cm³/mol. The molecule has 1 aliphatic heterocycles. The van der Waals surface area contributed by atoms with E-state index in [2.05, 4.69) is 33.9 Å². The zero-order valence-electron chi connectivity index (χ0n) is 13.4. The average molecular weight is 298 g/mol. The predicted octanol–water partition coefficient (Wildman–Crippen LogP) is 3.23. The molecule has 0 aromatic heterocycles. The SMILES string of the molecule is C[C@H]1C=C(CC[C@H](C=O)O[Si](C)(C)C(C)(C)C)C(=O)O1. The number of esters is 1. The highest BCUT2D eigenvalue weighted by Crippen LogP contribution is 2.37. The van der Waals surface area contributed by atoms with Crippen molar-refractivity contribution in [3.63, 3.8) is 0 Å². The van der Waals surface area contributed by atoms with Gasteiger partial charge in [-0.25, -0.2) is 4.79 Å². The Morgan fingerprint density at radius 3 is 2.45 bits per heavy atom. The van der Waals surface area contributed by atoms with Crippen LogP contribution >= 0.6 is 0 Å². The van der Waals surface area contributed by atoms with Crippen LogP contribution in [-0.4, -0.2) is 32.8 Å². The van der Waals surface area contributed by atoms with Gasteiger partial charge in [-0.05, 0) is 44.0 Å². The van der Waals surface area contributed by atoms with Crippen molar-refractivity contribution in [2.24, 2.45) is 0 Å². The van der Waals surface area contributed by atoms with Gasteiger partial charge < -0.3 is 14.0 Å². The molecule has 20 heavy (non-hydrogen) atoms. The van der Waals surface area contributed by atoms with E-state index >= 15 is 0 Å². The molecule has 1 aliphatic rings. The third-order valence-electron chi connectivity index (χ3n) is 4.09. The van der Waals surface area contributed by atoms with Crippen molar-refractivity contribution in [1.82, 2.24) is 0 Å². The van der Waals surface area contributed by atoms with Gasteiger partial charge in [-0.3, -0.25) is 0 Å². The number of rotatable bonds is 6. The minimum absolute atomic E-state index is 0.0638. The van der Waals surface area contributed by atoms with Crippen molar-refractivity contribution in [1.29, 1.82) is 0 Å². The van der Waals surface area contributed by atoms with Crippen LogP contribution < -0.4 is 0 Å². The maximum atomic E-state index is 11.5. The number of ether oxygens (including phenoxy) is 1. The van der Waals surface area contributed by atoms with Crippen LogP contribution in [0.1, 0.15) is 40.5 Å². The molecule has 0 spiro atoms. The van der Waals surface area contributed by atoms with Gasteiger partial charge in [0.05, 0.1) is 0 Å². The van der Waals surface area contributed by atoms with Crippen molar-refractivity contribution in [2.75, 3.05) is 0 Å². The lowest BCUT2D eigenvalue weighted by Crippen LogP contribution is -2.44. The summed E-state index contributed by atoms with van der Waals surface area (Å²) < 4.78 is 11.1. The number of cyclic esters (lactones) is 1. The molecule has 0 fully saturated rings. The van der Waals surface area contributed by atoms with E-state index in [4.69, 9.17) is 9.16 Å². The van der Waals surface area contributed by atoms with E-state index in [1.807, 2.05) is 13.0 Å². The van der Waals surface area contributed by atoms with Crippen LogP contribution in [0.5, 0.6) is 0 Å². The Bertz CT molecular complexity index is 407. The first-order chi connectivity index (χ1) is 9.06. The molecule has 0 bridgehead atoms. The van der Waals surface area contributed by atoms with Crippen LogP contribution in [0, 0.1) is 0 Å². The van der Waals surface area contributed by atoms with Gasteiger partial charge in [0.15, 0.2) is 8.32 Å². The number of carbonyl (C=O) groups is 2. The fourth-order valence-electron chi connectivity index (χ4n) is 1.82. The highest BCUT2D eigenvalue weighted by atomic mass is 28.4. The van der Waals surface area contributed by atoms with Gasteiger partial charge in [0.25, 0.3) is 0 Å². The lowest BCUT2D eigenvalue weighted by Gasteiger charge is -2.38. The summed E-state index contributed by atoms with van der Waals surface area (Å²) in [5.41, 5.74) is 0.656. The maximum absolute atomic E-state index is 11.5. The zero-order chi connectivity index (χ0) is 15.6. The highest BCUT2D eigenvalue weighted by molar-refractivity contribution is 6.74. The summed E-state index contributed by atoms with van der Waals surface area (Å²) in [7, 11) is -1.96. The molecule has 0 radical (unpaired) electrons. The van der Waals surface area contributed by atoms with Crippen LogP contribution in [0.4, 0.5) is 0 Å². The summed E-state index contributed by atoms with van der Waals surface area (Å²) in [6.45, 7) is 12.5. The summed E-state index contributed by atoms with van der Waals surface area (Å²) in [6, 6.07) is 0. The van der Waals surface area contributed by atoms with E-state index < -0.39 is 14.4 Å². The Hall–Kier alpha value is -0.943. The fraction of sp³-hybridized carbons (Fsp3) is 0.733. The summed E-state index contributed by atoms with van der Waals surface area (Å²) in [4.78, 5) is 22.7. The Morgan fingerprint density at radius 2 is 2.05 bits per heavy atom. The van der Waals surface area contributed by atoms with Gasteiger partial charge >= 0.3 is 5.97 Å². The Kier molecular flexibility index (Phi) is 5.32. The Labute approximate surface area is 122 Å². The smallest absolute Gasteiger partial charge is 0.334 e. The van der Waals surface area contributed by atoms with E-state index in [9.17, 15) is 9.59 Å². The van der Waals surface area contributed by atoms with Crippen LogP contribution in [0.3, 0.4) is 0 Å². The molecule has 4 nitrogen and oxygen atoms in total. The molecule has 1 heterocycles. The molecule has 114 valence electrons. The quantitative estimate of drug-likeness (QED) is 0.429. The fourth-order valence-corrected chi connectivity index (χ4v) is 3.11. The first-order valence-electron chi connectivity index (χ1n) is 7.11. The Balaban J connectivity index is 2.59. The third-order valence-corrected chi connectivity index (χ3v) is 8.60. The van der Waals surface area contributed by atoms with Gasteiger partial charge in [-0.2, -0.15) is 0 Å². The molecule has 0 unspecified atom stereocenters. The summed E-state index contributed by atoms with van der Waals surface area (Å²) in [5, 5.41) is 0.0638. The van der Waals surface area contributed by atoms with E-state index in [1.165, 1.54) is 0 Å². The van der Waals surface area contributed by atoms with E-state index in [-0.39, 0.29) is 17.1 Å². The molecule has 1 rings (SSSR count). The van der Waals surface area contributed by atoms with Crippen LogP contribution in [0.25, 0.3) is 0 Å². The van der Waals surface area contributed by atoms with Crippen molar-refractivity contribution in [2.45, 2.75) is 70.9 Å². The number of hydrogen-bond donors (Lipinski definition) is 0. The monoisotopic (exact) mass is 298 g/mol. The topological polar surface area (TPSA) is 52.6 Å². The molecule has 2 atom stereocenters. The minimum atomic E-state index is -1.96. The summed E-state index contributed by atoms with van der Waals surface area (Å²) in [5.74, 6) is -0.269. The van der Waals surface area contributed by atoms with Crippen molar-refractivity contribution in [3.8, 4) is 0 Å². The molecule has 0 aliphatic carbocycles. The molecule has 0 saturated carbocycles. The second-order valence-corrected chi connectivity index (χ2v) is 11.7. The third kappa shape index (κ3) is 4.28. The lowest BCUT2D eigenvalue weighted by molar-refractivity contribution is -0.139. The van der Waals surface area contributed by atoms with Crippen LogP contribution in [0.2, 0.25) is 18.1 Å². The minimum Gasteiger partial charge on any atom is -0.455 e. The lowest BCUT2D eigenvalue weighted by atomic mass is 10.1. The van der Waals surface area contributed by atoms with Gasteiger partial charge in [0, 0.05) is 5.57 Å². The Morgan fingerprint density at radius 1 is 1.45 bits per heavy atom. The normalized spacial score (nSPS) is 21.4. The molecule has 0 N–H and O–H groups in total. The van der Waals surface area contributed by atoms with E-state index in [0.29, 0.717) is 18.4 Å². The van der Waals surface area contributed by atoms with Crippen LogP contribution in [0.15, 0.2) is 11.6 Å².